The zero-order valence-corrected chi connectivity index (χ0v) is 12.7. The molecule has 21 heavy (non-hydrogen) atoms. The van der Waals surface area contributed by atoms with Crippen LogP contribution < -0.4 is 4.90 Å². The number of benzene rings is 1. The average molecular weight is 284 g/mol. The maximum Gasteiger partial charge on any atom is 0.244 e. The van der Waals surface area contributed by atoms with Crippen LogP contribution in [-0.4, -0.2) is 47.5 Å². The first-order valence-corrected chi connectivity index (χ1v) is 7.27. The summed E-state index contributed by atoms with van der Waals surface area (Å²) in [6.07, 6.45) is 3.48. The Morgan fingerprint density at radius 2 is 2.14 bits per heavy atom. The third-order valence-corrected chi connectivity index (χ3v) is 4.02. The van der Waals surface area contributed by atoms with Gasteiger partial charge in [0.25, 0.3) is 0 Å². The lowest BCUT2D eigenvalue weighted by Crippen LogP contribution is -2.43. The Morgan fingerprint density at radius 1 is 1.33 bits per heavy atom. The van der Waals surface area contributed by atoms with E-state index in [2.05, 4.69) is 27.9 Å². The maximum atomic E-state index is 12.4. The summed E-state index contributed by atoms with van der Waals surface area (Å²) in [6, 6.07) is 6.04. The zero-order chi connectivity index (χ0) is 15.0. The number of fused-ring (bicyclic) bond motifs is 1. The Kier molecular flexibility index (Phi) is 3.49. The maximum absolute atomic E-state index is 12.4. The number of nitrogens with zero attached hydrogens (tertiary/aromatic N) is 4. The normalized spacial score (nSPS) is 18.2. The summed E-state index contributed by atoms with van der Waals surface area (Å²) in [5.41, 5.74) is 2.10. The molecular weight excluding hydrogens is 264 g/mol. The quantitative estimate of drug-likeness (QED) is 0.846. The summed E-state index contributed by atoms with van der Waals surface area (Å²) >= 11 is 0. The molecule has 110 valence electrons. The summed E-state index contributed by atoms with van der Waals surface area (Å²) in [5, 5.41) is 1.02. The first-order chi connectivity index (χ1) is 10.1. The number of likely N-dealkylation sites (N-methyl/N-ethyl adjacent to an activating group) is 1. The van der Waals surface area contributed by atoms with Gasteiger partial charge < -0.3 is 9.80 Å². The Hall–Kier alpha value is -2.17. The minimum absolute atomic E-state index is 0.112. The summed E-state index contributed by atoms with van der Waals surface area (Å²) in [7, 11) is 3.61. The van der Waals surface area contributed by atoms with Crippen LogP contribution in [-0.2, 0) is 4.79 Å². The zero-order valence-electron chi connectivity index (χ0n) is 12.7. The number of carbonyl (C=O) groups is 1. The van der Waals surface area contributed by atoms with Crippen molar-refractivity contribution in [2.75, 3.05) is 25.5 Å². The molecule has 0 radical (unpaired) electrons. The summed E-state index contributed by atoms with van der Waals surface area (Å²) in [5.74, 6) is 1.02. The number of hydrogen-bond donors (Lipinski definition) is 0. The molecule has 0 N–H and O–H groups in total. The summed E-state index contributed by atoms with van der Waals surface area (Å²) in [4.78, 5) is 25.0. The molecule has 2 aromatic rings. The second-order valence-corrected chi connectivity index (χ2v) is 5.80. The number of rotatable bonds is 2. The van der Waals surface area contributed by atoms with Gasteiger partial charge in [0.15, 0.2) is 0 Å². The van der Waals surface area contributed by atoms with E-state index >= 15 is 0 Å². The van der Waals surface area contributed by atoms with Crippen molar-refractivity contribution in [3.63, 3.8) is 0 Å². The molecule has 1 aliphatic heterocycles. The van der Waals surface area contributed by atoms with E-state index in [0.29, 0.717) is 0 Å². The monoisotopic (exact) mass is 284 g/mol. The summed E-state index contributed by atoms with van der Waals surface area (Å²) < 4.78 is 0. The number of anilines is 1. The fourth-order valence-corrected chi connectivity index (χ4v) is 2.96. The average Bonchev–Trinajstić information content (AvgIpc) is 2.94. The van der Waals surface area contributed by atoms with Crippen LogP contribution in [0.2, 0.25) is 0 Å². The van der Waals surface area contributed by atoms with E-state index in [1.54, 1.807) is 25.3 Å². The van der Waals surface area contributed by atoms with E-state index in [-0.39, 0.29) is 11.9 Å². The third-order valence-electron chi connectivity index (χ3n) is 4.02. The van der Waals surface area contributed by atoms with Crippen molar-refractivity contribution in [3.8, 4) is 0 Å². The van der Waals surface area contributed by atoms with Crippen LogP contribution >= 0.6 is 0 Å². The van der Waals surface area contributed by atoms with Crippen molar-refractivity contribution < 1.29 is 4.79 Å². The van der Waals surface area contributed by atoms with Crippen LogP contribution in [0.3, 0.4) is 0 Å². The molecule has 0 aliphatic carbocycles. The van der Waals surface area contributed by atoms with Crippen LogP contribution in [0.25, 0.3) is 10.9 Å². The van der Waals surface area contributed by atoms with Crippen molar-refractivity contribution in [3.05, 3.63) is 30.1 Å². The minimum Gasteiger partial charge on any atom is -0.347 e. The molecule has 1 atom stereocenters. The molecule has 1 aromatic heterocycles. The minimum atomic E-state index is -0.112. The van der Waals surface area contributed by atoms with Gasteiger partial charge in [0, 0.05) is 26.0 Å². The number of carbonyl (C=O) groups excluding carboxylic acids is 1. The van der Waals surface area contributed by atoms with E-state index in [4.69, 9.17) is 0 Å². The highest BCUT2D eigenvalue weighted by Gasteiger charge is 2.33. The summed E-state index contributed by atoms with van der Waals surface area (Å²) in [6.45, 7) is 2.92. The predicted octanol–water partition coefficient (Wildman–Crippen LogP) is 2.00. The van der Waals surface area contributed by atoms with Gasteiger partial charge in [0.05, 0.1) is 5.52 Å². The molecule has 1 unspecified atom stereocenters. The number of hydrogen-bond acceptors (Lipinski definition) is 4. The lowest BCUT2D eigenvalue weighted by Gasteiger charge is -2.27. The Labute approximate surface area is 124 Å². The van der Waals surface area contributed by atoms with Crippen molar-refractivity contribution in [1.29, 1.82) is 0 Å². The van der Waals surface area contributed by atoms with Crippen molar-refractivity contribution in [2.24, 2.45) is 0 Å². The molecule has 1 amide bonds. The van der Waals surface area contributed by atoms with Gasteiger partial charge in [-0.25, -0.2) is 9.97 Å². The molecule has 1 aromatic carbocycles. The van der Waals surface area contributed by atoms with Crippen LogP contribution in [0.15, 0.2) is 24.5 Å². The highest BCUT2D eigenvalue weighted by Crippen LogP contribution is 2.30. The van der Waals surface area contributed by atoms with E-state index < -0.39 is 0 Å². The molecule has 0 bridgehead atoms. The first kappa shape index (κ1) is 13.8. The van der Waals surface area contributed by atoms with Crippen molar-refractivity contribution >= 4 is 22.6 Å². The van der Waals surface area contributed by atoms with Crippen molar-refractivity contribution in [2.45, 2.75) is 25.8 Å². The first-order valence-electron chi connectivity index (χ1n) is 7.27. The van der Waals surface area contributed by atoms with Crippen LogP contribution in [0.5, 0.6) is 0 Å². The second kappa shape index (κ2) is 5.31. The standard InChI is InChI=1S/C16H20N4O/c1-11-6-7-13-12(9-11)15(18-10-17-13)20-8-4-5-14(20)16(21)19(2)3/h6-7,9-10,14H,4-5,8H2,1-3H3. The molecule has 0 spiro atoms. The van der Waals surface area contributed by atoms with E-state index in [0.717, 1.165) is 36.1 Å². The Morgan fingerprint density at radius 3 is 2.90 bits per heavy atom. The molecule has 2 heterocycles. The largest absolute Gasteiger partial charge is 0.347 e. The highest BCUT2D eigenvalue weighted by atomic mass is 16.2. The molecule has 1 aliphatic rings. The van der Waals surface area contributed by atoms with Gasteiger partial charge in [-0.3, -0.25) is 4.79 Å². The molecule has 1 fully saturated rings. The predicted molar refractivity (Wildman–Crippen MR) is 83.3 cm³/mol. The van der Waals surface area contributed by atoms with Crippen LogP contribution in [0.1, 0.15) is 18.4 Å². The molecule has 1 saturated heterocycles. The van der Waals surface area contributed by atoms with Gasteiger partial charge in [0.1, 0.15) is 18.2 Å². The number of amides is 1. The molecule has 5 heteroatoms. The third kappa shape index (κ3) is 2.44. The second-order valence-electron chi connectivity index (χ2n) is 5.80. The molecule has 5 nitrogen and oxygen atoms in total. The van der Waals surface area contributed by atoms with Gasteiger partial charge in [-0.05, 0) is 31.9 Å². The Bertz CT molecular complexity index is 683. The van der Waals surface area contributed by atoms with Gasteiger partial charge in [0.2, 0.25) is 5.91 Å². The van der Waals surface area contributed by atoms with Crippen molar-refractivity contribution in [1.82, 2.24) is 14.9 Å². The SMILES string of the molecule is Cc1ccc2ncnc(N3CCCC3C(=O)N(C)C)c2c1. The lowest BCUT2D eigenvalue weighted by molar-refractivity contribution is -0.129. The lowest BCUT2D eigenvalue weighted by atomic mass is 10.1. The van der Waals surface area contributed by atoms with Gasteiger partial charge in [-0.2, -0.15) is 0 Å². The molecule has 3 rings (SSSR count). The number of aryl methyl sites for hydroxylation is 1. The van der Waals surface area contributed by atoms with Crippen LogP contribution in [0, 0.1) is 6.92 Å². The smallest absolute Gasteiger partial charge is 0.244 e. The van der Waals surface area contributed by atoms with E-state index in [1.165, 1.54) is 5.56 Å². The van der Waals surface area contributed by atoms with Gasteiger partial charge in [-0.1, -0.05) is 11.6 Å². The number of aromatic nitrogens is 2. The van der Waals surface area contributed by atoms with Gasteiger partial charge >= 0.3 is 0 Å². The van der Waals surface area contributed by atoms with E-state index in [9.17, 15) is 4.79 Å². The molecular formula is C16H20N4O. The molecule has 0 saturated carbocycles. The fraction of sp³-hybridized carbons (Fsp3) is 0.438. The topological polar surface area (TPSA) is 49.3 Å². The Balaban J connectivity index is 2.07. The fourth-order valence-electron chi connectivity index (χ4n) is 2.96. The van der Waals surface area contributed by atoms with Gasteiger partial charge in [-0.15, -0.1) is 0 Å². The van der Waals surface area contributed by atoms with E-state index in [1.807, 2.05) is 12.1 Å². The van der Waals surface area contributed by atoms with Crippen LogP contribution in [0.4, 0.5) is 5.82 Å². The highest BCUT2D eigenvalue weighted by molar-refractivity contribution is 5.93.